The molecule has 1 heterocycles. The molecule has 1 amide bonds. The highest BCUT2D eigenvalue weighted by molar-refractivity contribution is 7.92. The first-order valence-electron chi connectivity index (χ1n) is 9.65. The van der Waals surface area contributed by atoms with Crippen LogP contribution in [0.4, 0.5) is 5.69 Å². The normalized spacial score (nSPS) is 14.9. The third-order valence-electron chi connectivity index (χ3n) is 4.80. The summed E-state index contributed by atoms with van der Waals surface area (Å²) in [6.45, 7) is 2.25. The average molecular weight is 449 g/mol. The van der Waals surface area contributed by atoms with Crippen LogP contribution >= 0.6 is 11.6 Å². The van der Waals surface area contributed by atoms with E-state index in [1.54, 1.807) is 18.2 Å². The summed E-state index contributed by atoms with van der Waals surface area (Å²) < 4.78 is 25.3. The third-order valence-corrected chi connectivity index (χ3v) is 6.18. The Balaban J connectivity index is 1.53. The number of amides is 1. The van der Waals surface area contributed by atoms with E-state index in [0.29, 0.717) is 10.7 Å². The highest BCUT2D eigenvalue weighted by Crippen LogP contribution is 2.21. The van der Waals surface area contributed by atoms with E-state index in [1.165, 1.54) is 11.6 Å². The number of carbonyl (C=O) groups excluding carboxylic acids is 1. The lowest BCUT2D eigenvalue weighted by Crippen LogP contribution is -2.40. The van der Waals surface area contributed by atoms with E-state index >= 15 is 0 Å². The molecule has 0 spiro atoms. The van der Waals surface area contributed by atoms with Crippen molar-refractivity contribution in [2.45, 2.75) is 19.4 Å². The van der Waals surface area contributed by atoms with Crippen molar-refractivity contribution < 1.29 is 13.2 Å². The molecule has 0 aliphatic carbocycles. The summed E-state index contributed by atoms with van der Waals surface area (Å²) in [6.07, 6.45) is 2.57. The molecule has 0 atom stereocenters. The second kappa shape index (κ2) is 10.1. The van der Waals surface area contributed by atoms with Gasteiger partial charge in [-0.05, 0) is 23.8 Å². The second-order valence-corrected chi connectivity index (χ2v) is 9.57. The van der Waals surface area contributed by atoms with Crippen LogP contribution in [0, 0.1) is 0 Å². The van der Waals surface area contributed by atoms with Crippen molar-refractivity contribution in [3.8, 4) is 0 Å². The molecule has 1 N–H and O–H groups in total. The molecule has 2 aromatic carbocycles. The minimum atomic E-state index is -3.65. The van der Waals surface area contributed by atoms with E-state index in [1.807, 2.05) is 18.2 Å². The number of hydrogen-bond donors (Lipinski definition) is 1. The molecule has 9 heteroatoms. The van der Waals surface area contributed by atoms with E-state index in [2.05, 4.69) is 27.6 Å². The van der Waals surface area contributed by atoms with E-state index in [0.717, 1.165) is 48.7 Å². The van der Waals surface area contributed by atoms with Gasteiger partial charge in [-0.25, -0.2) is 13.8 Å². The summed E-state index contributed by atoms with van der Waals surface area (Å²) >= 11 is 5.95. The first-order valence-corrected chi connectivity index (χ1v) is 11.9. The summed E-state index contributed by atoms with van der Waals surface area (Å²) in [5, 5.41) is 4.61. The Morgan fingerprint density at radius 2 is 1.83 bits per heavy atom. The number of carbonyl (C=O) groups is 1. The first-order chi connectivity index (χ1) is 14.3. The fourth-order valence-corrected chi connectivity index (χ4v) is 4.29. The van der Waals surface area contributed by atoms with E-state index in [9.17, 15) is 13.2 Å². The third kappa shape index (κ3) is 6.55. The Morgan fingerprint density at radius 3 is 2.47 bits per heavy atom. The first kappa shape index (κ1) is 22.3. The van der Waals surface area contributed by atoms with Crippen LogP contribution in [0.25, 0.3) is 0 Å². The fraction of sp³-hybridized carbons (Fsp3) is 0.333. The van der Waals surface area contributed by atoms with E-state index in [4.69, 9.17) is 11.6 Å². The van der Waals surface area contributed by atoms with Crippen LogP contribution in [0.2, 0.25) is 5.02 Å². The minimum Gasteiger partial charge on any atom is -0.298 e. The number of halogens is 1. The number of likely N-dealkylation sites (tertiary alicyclic amines) is 1. The molecular weight excluding hydrogens is 424 g/mol. The van der Waals surface area contributed by atoms with Crippen LogP contribution in [0.5, 0.6) is 0 Å². The van der Waals surface area contributed by atoms with Gasteiger partial charge in [-0.15, -0.1) is 0 Å². The van der Waals surface area contributed by atoms with Crippen molar-refractivity contribution in [1.29, 1.82) is 0 Å². The van der Waals surface area contributed by atoms with Gasteiger partial charge in [0.15, 0.2) is 0 Å². The van der Waals surface area contributed by atoms with Crippen LogP contribution in [0.3, 0.4) is 0 Å². The minimum absolute atomic E-state index is 0.335. The van der Waals surface area contributed by atoms with Crippen molar-refractivity contribution in [2.24, 2.45) is 5.10 Å². The number of rotatable bonds is 7. The van der Waals surface area contributed by atoms with Crippen molar-refractivity contribution in [2.75, 3.05) is 30.2 Å². The number of anilines is 1. The number of nitrogens with zero attached hydrogens (tertiary/aromatic N) is 3. The van der Waals surface area contributed by atoms with Gasteiger partial charge in [0.2, 0.25) is 10.0 Å². The maximum absolute atomic E-state index is 12.3. The summed E-state index contributed by atoms with van der Waals surface area (Å²) in [7, 11) is -3.65. The summed E-state index contributed by atoms with van der Waals surface area (Å²) in [5.41, 5.74) is 5.01. The van der Waals surface area contributed by atoms with Gasteiger partial charge in [-0.3, -0.25) is 14.0 Å². The Labute approximate surface area is 182 Å². The zero-order chi connectivity index (χ0) is 21.6. The average Bonchev–Trinajstić information content (AvgIpc) is 2.71. The molecule has 1 saturated heterocycles. The lowest BCUT2D eigenvalue weighted by atomic mass is 10.1. The molecule has 1 aliphatic heterocycles. The van der Waals surface area contributed by atoms with Gasteiger partial charge in [0.25, 0.3) is 5.91 Å². The molecule has 1 fully saturated rings. The highest BCUT2D eigenvalue weighted by Gasteiger charge is 2.21. The number of benzene rings is 2. The lowest BCUT2D eigenvalue weighted by molar-refractivity contribution is -0.119. The predicted octanol–water partition coefficient (Wildman–Crippen LogP) is 2.87. The van der Waals surface area contributed by atoms with E-state index < -0.39 is 15.9 Å². The van der Waals surface area contributed by atoms with Gasteiger partial charge in [0.1, 0.15) is 6.54 Å². The molecule has 0 unspecified atom stereocenters. The second-order valence-electron chi connectivity index (χ2n) is 7.22. The Morgan fingerprint density at radius 1 is 1.13 bits per heavy atom. The Hall–Kier alpha value is -2.42. The van der Waals surface area contributed by atoms with Gasteiger partial charge in [-0.2, -0.15) is 5.10 Å². The van der Waals surface area contributed by atoms with Gasteiger partial charge in [-0.1, -0.05) is 48.0 Å². The van der Waals surface area contributed by atoms with Gasteiger partial charge in [0, 0.05) is 43.2 Å². The van der Waals surface area contributed by atoms with E-state index in [-0.39, 0.29) is 6.54 Å². The van der Waals surface area contributed by atoms with Gasteiger partial charge < -0.3 is 0 Å². The summed E-state index contributed by atoms with van der Waals surface area (Å²) in [5.74, 6) is -0.500. The quantitative estimate of drug-likeness (QED) is 0.660. The van der Waals surface area contributed by atoms with Crippen molar-refractivity contribution in [1.82, 2.24) is 10.3 Å². The molecule has 160 valence electrons. The summed E-state index contributed by atoms with van der Waals surface area (Å²) in [6, 6.07) is 16.7. The molecule has 7 nitrogen and oxygen atoms in total. The molecule has 0 aromatic heterocycles. The Bertz CT molecular complexity index is 1000. The van der Waals surface area contributed by atoms with Gasteiger partial charge >= 0.3 is 0 Å². The SMILES string of the molecule is CS(=O)(=O)N(CC(=O)NN=C1CCN(Cc2ccccc2)CC1)c1cccc(Cl)c1. The molecular formula is C21H25ClN4O3S. The van der Waals surface area contributed by atoms with Crippen molar-refractivity contribution in [3.63, 3.8) is 0 Å². The molecule has 0 saturated carbocycles. The summed E-state index contributed by atoms with van der Waals surface area (Å²) in [4.78, 5) is 14.7. The van der Waals surface area contributed by atoms with Crippen LogP contribution in [-0.2, 0) is 21.4 Å². The lowest BCUT2D eigenvalue weighted by Gasteiger charge is -2.27. The van der Waals surface area contributed by atoms with Crippen LogP contribution in [0.15, 0.2) is 59.7 Å². The topological polar surface area (TPSA) is 82.1 Å². The smallest absolute Gasteiger partial charge is 0.260 e. The number of hydrogen-bond acceptors (Lipinski definition) is 5. The monoisotopic (exact) mass is 448 g/mol. The number of piperidine rings is 1. The molecule has 0 radical (unpaired) electrons. The van der Waals surface area contributed by atoms with Crippen LogP contribution in [-0.4, -0.2) is 50.8 Å². The van der Waals surface area contributed by atoms with Crippen molar-refractivity contribution in [3.05, 3.63) is 65.2 Å². The molecule has 30 heavy (non-hydrogen) atoms. The molecule has 1 aliphatic rings. The van der Waals surface area contributed by atoms with Crippen LogP contribution in [0.1, 0.15) is 18.4 Å². The maximum Gasteiger partial charge on any atom is 0.260 e. The zero-order valence-corrected chi connectivity index (χ0v) is 18.4. The molecule has 2 aromatic rings. The van der Waals surface area contributed by atoms with Crippen LogP contribution < -0.4 is 9.73 Å². The number of nitrogens with one attached hydrogen (secondary N) is 1. The highest BCUT2D eigenvalue weighted by atomic mass is 35.5. The number of hydrazone groups is 1. The maximum atomic E-state index is 12.3. The number of sulfonamides is 1. The largest absolute Gasteiger partial charge is 0.298 e. The fourth-order valence-electron chi connectivity index (χ4n) is 3.26. The predicted molar refractivity (Wildman–Crippen MR) is 120 cm³/mol. The molecule has 3 rings (SSSR count). The van der Waals surface area contributed by atoms with Crippen molar-refractivity contribution >= 4 is 38.9 Å². The van der Waals surface area contributed by atoms with Gasteiger partial charge in [0.05, 0.1) is 11.9 Å². The standard InChI is InChI=1S/C21H25ClN4O3S/c1-30(28,29)26(20-9-5-8-18(22)14-20)16-21(27)24-23-19-10-12-25(13-11-19)15-17-6-3-2-4-7-17/h2-9,14H,10-13,15-16H2,1H3,(H,24,27). The molecule has 0 bridgehead atoms. The zero-order valence-electron chi connectivity index (χ0n) is 16.8. The Kier molecular flexibility index (Phi) is 7.47.